The maximum absolute atomic E-state index is 11.5. The second-order valence-corrected chi connectivity index (χ2v) is 6.32. The number of hydrogen-bond donors (Lipinski definition) is 1. The molecule has 9 heteroatoms. The number of carbonyl (C=O) groups excluding carboxylic acids is 1. The van der Waals surface area contributed by atoms with E-state index < -0.39 is 5.97 Å². The minimum atomic E-state index is -0.496. The summed E-state index contributed by atoms with van der Waals surface area (Å²) in [5.74, 6) is 0.242. The summed E-state index contributed by atoms with van der Waals surface area (Å²) in [7, 11) is 1.30. The highest BCUT2D eigenvalue weighted by Gasteiger charge is 2.17. The second kappa shape index (κ2) is 6.47. The van der Waals surface area contributed by atoms with Crippen molar-refractivity contribution in [2.45, 2.75) is 6.54 Å². The molecule has 22 heavy (non-hydrogen) atoms. The van der Waals surface area contributed by atoms with Crippen molar-refractivity contribution in [3.8, 4) is 10.8 Å². The highest BCUT2D eigenvalue weighted by Crippen LogP contribution is 2.28. The molecule has 0 saturated heterocycles. The third-order valence-corrected chi connectivity index (χ3v) is 4.95. The van der Waals surface area contributed by atoms with Crippen LogP contribution in [0, 0.1) is 0 Å². The third kappa shape index (κ3) is 3.13. The van der Waals surface area contributed by atoms with Gasteiger partial charge in [-0.3, -0.25) is 0 Å². The largest absolute Gasteiger partial charge is 0.465 e. The first-order valence-electron chi connectivity index (χ1n) is 6.14. The average molecular weight is 356 g/mol. The number of esters is 1. The van der Waals surface area contributed by atoms with Crippen molar-refractivity contribution >= 4 is 45.4 Å². The number of halogens is 1. The van der Waals surface area contributed by atoms with E-state index in [9.17, 15) is 4.79 Å². The number of nitrogens with one attached hydrogen (secondary N) is 1. The van der Waals surface area contributed by atoms with Crippen molar-refractivity contribution in [2.75, 3.05) is 12.4 Å². The highest BCUT2D eigenvalue weighted by atomic mass is 35.5. The van der Waals surface area contributed by atoms with E-state index in [1.165, 1.54) is 18.4 Å². The summed E-state index contributed by atoms with van der Waals surface area (Å²) in [6.07, 6.45) is 1.61. The standard InChI is InChI=1S/C13H10ClN3O3S2/c1-19-12(18)9-10(14)17-13(22-9)15-5-7-6-21-11(16-7)8-3-2-4-20-8/h2-4,6H,5H2,1H3,(H,15,17). The first-order valence-corrected chi connectivity index (χ1v) is 8.21. The lowest BCUT2D eigenvalue weighted by molar-refractivity contribution is 0.0606. The Bertz CT molecular complexity index is 782. The molecule has 0 amide bonds. The van der Waals surface area contributed by atoms with Gasteiger partial charge in [-0.2, -0.15) is 0 Å². The van der Waals surface area contributed by atoms with Crippen LogP contribution in [-0.4, -0.2) is 23.0 Å². The van der Waals surface area contributed by atoms with Gasteiger partial charge < -0.3 is 14.5 Å². The molecule has 114 valence electrons. The zero-order chi connectivity index (χ0) is 15.5. The molecule has 0 unspecified atom stereocenters. The van der Waals surface area contributed by atoms with E-state index in [1.54, 1.807) is 6.26 Å². The quantitative estimate of drug-likeness (QED) is 0.699. The first-order chi connectivity index (χ1) is 10.7. The van der Waals surface area contributed by atoms with Crippen LogP contribution in [-0.2, 0) is 11.3 Å². The minimum Gasteiger partial charge on any atom is -0.465 e. The third-order valence-electron chi connectivity index (χ3n) is 2.66. The smallest absolute Gasteiger partial charge is 0.351 e. The molecule has 0 aliphatic heterocycles. The summed E-state index contributed by atoms with van der Waals surface area (Å²) < 4.78 is 9.94. The Morgan fingerprint density at radius 3 is 3.09 bits per heavy atom. The second-order valence-electron chi connectivity index (χ2n) is 4.11. The molecular formula is C13H10ClN3O3S2. The van der Waals surface area contributed by atoms with Gasteiger partial charge in [-0.05, 0) is 12.1 Å². The Balaban J connectivity index is 1.67. The molecule has 6 nitrogen and oxygen atoms in total. The maximum atomic E-state index is 11.5. The molecule has 0 aliphatic rings. The Hall–Kier alpha value is -1.90. The monoisotopic (exact) mass is 355 g/mol. The molecule has 0 saturated carbocycles. The molecule has 3 rings (SSSR count). The lowest BCUT2D eigenvalue weighted by Crippen LogP contribution is -1.99. The van der Waals surface area contributed by atoms with Crippen LogP contribution in [0.15, 0.2) is 28.2 Å². The zero-order valence-electron chi connectivity index (χ0n) is 11.3. The number of aromatic nitrogens is 2. The average Bonchev–Trinajstić information content (AvgIpc) is 3.24. The number of nitrogens with zero attached hydrogens (tertiary/aromatic N) is 2. The number of anilines is 1. The van der Waals surface area contributed by atoms with E-state index in [0.717, 1.165) is 27.8 Å². The molecular weight excluding hydrogens is 346 g/mol. The maximum Gasteiger partial charge on any atom is 0.351 e. The van der Waals surface area contributed by atoms with Crippen molar-refractivity contribution in [1.29, 1.82) is 0 Å². The first kappa shape index (κ1) is 15.0. The Morgan fingerprint density at radius 1 is 1.50 bits per heavy atom. The van der Waals surface area contributed by atoms with Gasteiger partial charge in [0.15, 0.2) is 25.9 Å². The summed E-state index contributed by atoms with van der Waals surface area (Å²) >= 11 is 8.55. The Labute approximate surface area is 138 Å². The molecule has 0 bridgehead atoms. The van der Waals surface area contributed by atoms with Gasteiger partial charge >= 0.3 is 5.97 Å². The van der Waals surface area contributed by atoms with Gasteiger partial charge in [-0.15, -0.1) is 11.3 Å². The van der Waals surface area contributed by atoms with Crippen LogP contribution in [0.3, 0.4) is 0 Å². The van der Waals surface area contributed by atoms with Crippen LogP contribution in [0.5, 0.6) is 0 Å². The number of hydrogen-bond acceptors (Lipinski definition) is 8. The van der Waals surface area contributed by atoms with E-state index in [0.29, 0.717) is 11.7 Å². The van der Waals surface area contributed by atoms with Crippen LogP contribution < -0.4 is 5.32 Å². The predicted molar refractivity (Wildman–Crippen MR) is 85.6 cm³/mol. The number of thiazole rings is 2. The van der Waals surface area contributed by atoms with Crippen LogP contribution in [0.4, 0.5) is 5.13 Å². The van der Waals surface area contributed by atoms with Gasteiger partial charge in [-0.1, -0.05) is 22.9 Å². The predicted octanol–water partition coefficient (Wildman–Crippen LogP) is 3.91. The fourth-order valence-corrected chi connectivity index (χ4v) is 3.55. The topological polar surface area (TPSA) is 77.2 Å². The fraction of sp³-hybridized carbons (Fsp3) is 0.154. The summed E-state index contributed by atoms with van der Waals surface area (Å²) in [5.41, 5.74) is 0.849. The molecule has 1 N–H and O–H groups in total. The molecule has 0 fully saturated rings. The number of methoxy groups -OCH3 is 1. The Morgan fingerprint density at radius 2 is 2.36 bits per heavy atom. The molecule has 3 heterocycles. The Kier molecular flexibility index (Phi) is 4.41. The van der Waals surface area contributed by atoms with E-state index in [1.807, 2.05) is 17.5 Å². The van der Waals surface area contributed by atoms with Crippen LogP contribution in [0.2, 0.25) is 5.15 Å². The van der Waals surface area contributed by atoms with Crippen LogP contribution in [0.25, 0.3) is 10.8 Å². The lowest BCUT2D eigenvalue weighted by Gasteiger charge is -1.98. The number of furan rings is 1. The van der Waals surface area contributed by atoms with Gasteiger partial charge in [0.1, 0.15) is 0 Å². The van der Waals surface area contributed by atoms with Gasteiger partial charge in [0.05, 0.1) is 25.6 Å². The van der Waals surface area contributed by atoms with Crippen molar-refractivity contribution in [3.05, 3.63) is 39.5 Å². The number of rotatable bonds is 5. The van der Waals surface area contributed by atoms with E-state index >= 15 is 0 Å². The van der Waals surface area contributed by atoms with E-state index in [4.69, 9.17) is 16.0 Å². The van der Waals surface area contributed by atoms with Crippen molar-refractivity contribution in [3.63, 3.8) is 0 Å². The fourth-order valence-electron chi connectivity index (χ4n) is 1.66. The summed E-state index contributed by atoms with van der Waals surface area (Å²) in [6, 6.07) is 3.68. The molecule has 0 spiro atoms. The highest BCUT2D eigenvalue weighted by molar-refractivity contribution is 7.18. The zero-order valence-corrected chi connectivity index (χ0v) is 13.7. The normalized spacial score (nSPS) is 10.6. The van der Waals surface area contributed by atoms with Gasteiger partial charge in [0, 0.05) is 5.38 Å². The summed E-state index contributed by atoms with van der Waals surface area (Å²) in [6.45, 7) is 0.474. The van der Waals surface area contributed by atoms with E-state index in [2.05, 4.69) is 20.0 Å². The van der Waals surface area contributed by atoms with Crippen molar-refractivity contribution in [2.24, 2.45) is 0 Å². The van der Waals surface area contributed by atoms with Gasteiger partial charge in [0.25, 0.3) is 0 Å². The molecule has 0 atom stereocenters. The van der Waals surface area contributed by atoms with Crippen molar-refractivity contribution in [1.82, 2.24) is 9.97 Å². The van der Waals surface area contributed by atoms with Crippen molar-refractivity contribution < 1.29 is 13.9 Å². The summed E-state index contributed by atoms with van der Waals surface area (Å²) in [4.78, 5) is 20.3. The summed E-state index contributed by atoms with van der Waals surface area (Å²) in [5, 5.41) is 6.51. The van der Waals surface area contributed by atoms with E-state index in [-0.39, 0.29) is 10.0 Å². The van der Waals surface area contributed by atoms with Gasteiger partial charge in [-0.25, -0.2) is 14.8 Å². The van der Waals surface area contributed by atoms with Crippen LogP contribution >= 0.6 is 34.3 Å². The molecule has 0 aromatic carbocycles. The SMILES string of the molecule is COC(=O)c1sc(NCc2csc(-c3ccco3)n2)nc1Cl. The minimum absolute atomic E-state index is 0.133. The number of carbonyl (C=O) groups is 1. The molecule has 0 aliphatic carbocycles. The molecule has 3 aromatic heterocycles. The molecule has 3 aromatic rings. The lowest BCUT2D eigenvalue weighted by atomic mass is 10.4. The number of ether oxygens (including phenoxy) is 1. The molecule has 0 radical (unpaired) electrons. The van der Waals surface area contributed by atoms with Gasteiger partial charge in [0.2, 0.25) is 0 Å². The van der Waals surface area contributed by atoms with Crippen LogP contribution in [0.1, 0.15) is 15.4 Å².